The van der Waals surface area contributed by atoms with Crippen molar-refractivity contribution in [3.8, 4) is 5.75 Å². The van der Waals surface area contributed by atoms with Crippen molar-refractivity contribution in [3.63, 3.8) is 0 Å². The number of ether oxygens (including phenoxy) is 2. The third-order valence-corrected chi connectivity index (χ3v) is 5.02. The molecule has 8 nitrogen and oxygen atoms in total. The first kappa shape index (κ1) is 23.9. The Balaban J connectivity index is 2.30. The SMILES string of the molecule is COC(=O)c1c(OCCCN(C)C)cc(=O)n2c1CCN(C(=O)CC(C)(C)C)CC2. The number of hydrogen-bond donors (Lipinski definition) is 0. The molecule has 8 heteroatoms. The fourth-order valence-corrected chi connectivity index (χ4v) is 3.56. The van der Waals surface area contributed by atoms with E-state index in [1.807, 2.05) is 39.8 Å². The predicted octanol–water partition coefficient (Wildman–Crippen LogP) is 1.79. The Bertz CT molecular complexity index is 823. The number of pyridine rings is 1. The maximum Gasteiger partial charge on any atom is 0.343 e. The van der Waals surface area contributed by atoms with Gasteiger partial charge in [-0.15, -0.1) is 0 Å². The van der Waals surface area contributed by atoms with Crippen molar-refractivity contribution in [2.75, 3.05) is 47.4 Å². The number of esters is 1. The third-order valence-electron chi connectivity index (χ3n) is 5.02. The molecule has 0 spiro atoms. The lowest BCUT2D eigenvalue weighted by Gasteiger charge is -2.25. The van der Waals surface area contributed by atoms with Crippen LogP contribution in [0, 0.1) is 5.41 Å². The highest BCUT2D eigenvalue weighted by atomic mass is 16.5. The Kier molecular flexibility index (Phi) is 8.06. The lowest BCUT2D eigenvalue weighted by molar-refractivity contribution is -0.133. The van der Waals surface area contributed by atoms with Crippen LogP contribution < -0.4 is 10.3 Å². The summed E-state index contributed by atoms with van der Waals surface area (Å²) in [5.74, 6) is -0.217. The molecule has 1 aliphatic heterocycles. The second-order valence-electron chi connectivity index (χ2n) is 9.19. The predicted molar refractivity (Wildman–Crippen MR) is 115 cm³/mol. The van der Waals surface area contributed by atoms with Gasteiger partial charge < -0.3 is 23.8 Å². The van der Waals surface area contributed by atoms with Crippen molar-refractivity contribution >= 4 is 11.9 Å². The van der Waals surface area contributed by atoms with Crippen molar-refractivity contribution < 1.29 is 19.1 Å². The summed E-state index contributed by atoms with van der Waals surface area (Å²) < 4.78 is 12.4. The number of fused-ring (bicyclic) bond motifs is 1. The third kappa shape index (κ3) is 6.32. The first-order valence-corrected chi connectivity index (χ1v) is 10.4. The van der Waals surface area contributed by atoms with Gasteiger partial charge in [-0.2, -0.15) is 0 Å². The van der Waals surface area contributed by atoms with Crippen molar-refractivity contribution in [2.24, 2.45) is 5.41 Å². The number of carbonyl (C=O) groups excluding carboxylic acids is 2. The molecular weight excluding hydrogens is 386 g/mol. The first-order chi connectivity index (χ1) is 14.0. The van der Waals surface area contributed by atoms with E-state index >= 15 is 0 Å². The highest BCUT2D eigenvalue weighted by Gasteiger charge is 2.28. The molecule has 0 radical (unpaired) electrons. The molecule has 30 heavy (non-hydrogen) atoms. The summed E-state index contributed by atoms with van der Waals surface area (Å²) in [6.45, 7) is 8.53. The van der Waals surface area contributed by atoms with Crippen LogP contribution in [0.1, 0.15) is 49.7 Å². The molecule has 0 N–H and O–H groups in total. The summed E-state index contributed by atoms with van der Waals surface area (Å²) in [4.78, 5) is 41.8. The average molecular weight is 422 g/mol. The molecule has 0 unspecified atom stereocenters. The van der Waals surface area contributed by atoms with E-state index in [2.05, 4.69) is 0 Å². The zero-order chi connectivity index (χ0) is 22.5. The number of hydrogen-bond acceptors (Lipinski definition) is 6. The molecule has 0 saturated heterocycles. The van der Waals surface area contributed by atoms with E-state index in [9.17, 15) is 14.4 Å². The minimum absolute atomic E-state index is 0.0585. The van der Waals surface area contributed by atoms with E-state index in [0.29, 0.717) is 44.8 Å². The van der Waals surface area contributed by atoms with Gasteiger partial charge in [0.2, 0.25) is 5.91 Å². The van der Waals surface area contributed by atoms with Crippen LogP contribution in [0.15, 0.2) is 10.9 Å². The fourth-order valence-electron chi connectivity index (χ4n) is 3.56. The molecule has 1 amide bonds. The van der Waals surface area contributed by atoms with Gasteiger partial charge in [-0.3, -0.25) is 9.59 Å². The van der Waals surface area contributed by atoms with E-state index < -0.39 is 5.97 Å². The summed E-state index contributed by atoms with van der Waals surface area (Å²) in [5, 5.41) is 0. The molecule has 1 aliphatic rings. The summed E-state index contributed by atoms with van der Waals surface area (Å²) in [5.41, 5.74) is 0.512. The van der Waals surface area contributed by atoms with Crippen molar-refractivity contribution in [1.82, 2.24) is 14.4 Å². The summed E-state index contributed by atoms with van der Waals surface area (Å²) >= 11 is 0. The minimum Gasteiger partial charge on any atom is -0.492 e. The van der Waals surface area contributed by atoms with Crippen molar-refractivity contribution in [3.05, 3.63) is 27.7 Å². The van der Waals surface area contributed by atoms with E-state index in [0.717, 1.165) is 13.0 Å². The molecule has 0 aromatic carbocycles. The standard InChI is InChI=1S/C22H35N3O5/c1-22(2,3)15-19(27)24-10-8-16-20(21(28)29-6)17(30-13-7-9-23(4)5)14-18(26)25(16)12-11-24/h14H,7-13,15H2,1-6H3. The van der Waals surface area contributed by atoms with E-state index in [4.69, 9.17) is 9.47 Å². The van der Waals surface area contributed by atoms with Crippen molar-refractivity contribution in [1.29, 1.82) is 0 Å². The average Bonchev–Trinajstić information content (AvgIpc) is 2.87. The molecule has 1 aromatic heterocycles. The second-order valence-corrected chi connectivity index (χ2v) is 9.19. The summed E-state index contributed by atoms with van der Waals surface area (Å²) in [6, 6.07) is 1.36. The van der Waals surface area contributed by atoms with Crippen LogP contribution in [0.4, 0.5) is 0 Å². The molecule has 0 saturated carbocycles. The maximum absolute atomic E-state index is 12.8. The fraction of sp³-hybridized carbons (Fsp3) is 0.682. The highest BCUT2D eigenvalue weighted by molar-refractivity contribution is 5.93. The monoisotopic (exact) mass is 421 g/mol. The first-order valence-electron chi connectivity index (χ1n) is 10.4. The van der Waals surface area contributed by atoms with Gasteiger partial charge in [0.25, 0.3) is 5.56 Å². The Hall–Kier alpha value is -2.35. The highest BCUT2D eigenvalue weighted by Crippen LogP contribution is 2.25. The lowest BCUT2D eigenvalue weighted by atomic mass is 9.91. The smallest absolute Gasteiger partial charge is 0.343 e. The van der Waals surface area contributed by atoms with Crippen LogP contribution in [0.3, 0.4) is 0 Å². The molecule has 0 aliphatic carbocycles. The maximum atomic E-state index is 12.8. The molecular formula is C22H35N3O5. The second kappa shape index (κ2) is 10.1. The Morgan fingerprint density at radius 3 is 2.47 bits per heavy atom. The van der Waals surface area contributed by atoms with Crippen LogP contribution >= 0.6 is 0 Å². The minimum atomic E-state index is -0.532. The van der Waals surface area contributed by atoms with Gasteiger partial charge in [0.05, 0.1) is 13.7 Å². The number of nitrogens with zero attached hydrogens (tertiary/aromatic N) is 3. The largest absolute Gasteiger partial charge is 0.492 e. The zero-order valence-electron chi connectivity index (χ0n) is 19.1. The summed E-state index contributed by atoms with van der Waals surface area (Å²) in [6.07, 6.45) is 1.59. The van der Waals surface area contributed by atoms with Gasteiger partial charge in [-0.05, 0) is 25.9 Å². The molecule has 0 atom stereocenters. The molecule has 2 rings (SSSR count). The van der Waals surface area contributed by atoms with Crippen LogP contribution in [-0.2, 0) is 22.5 Å². The molecule has 168 valence electrons. The normalized spacial score (nSPS) is 14.3. The van der Waals surface area contributed by atoms with Crippen LogP contribution in [0.25, 0.3) is 0 Å². The number of carbonyl (C=O) groups is 2. The van der Waals surface area contributed by atoms with Crippen LogP contribution in [-0.4, -0.2) is 73.7 Å². The topological polar surface area (TPSA) is 81.1 Å². The van der Waals surface area contributed by atoms with E-state index in [1.54, 1.807) is 9.47 Å². The number of amides is 1. The van der Waals surface area contributed by atoms with Gasteiger partial charge in [-0.1, -0.05) is 20.8 Å². The van der Waals surface area contributed by atoms with Gasteiger partial charge in [0.1, 0.15) is 11.3 Å². The molecule has 2 heterocycles. The Morgan fingerprint density at radius 1 is 1.17 bits per heavy atom. The number of methoxy groups -OCH3 is 1. The number of aromatic nitrogens is 1. The Morgan fingerprint density at radius 2 is 1.87 bits per heavy atom. The van der Waals surface area contributed by atoms with Gasteiger partial charge >= 0.3 is 5.97 Å². The van der Waals surface area contributed by atoms with E-state index in [1.165, 1.54) is 13.2 Å². The zero-order valence-corrected chi connectivity index (χ0v) is 19.1. The number of rotatable bonds is 7. The summed E-state index contributed by atoms with van der Waals surface area (Å²) in [7, 11) is 5.26. The molecule has 0 bridgehead atoms. The Labute approximate surface area is 178 Å². The van der Waals surface area contributed by atoms with Crippen LogP contribution in [0.2, 0.25) is 0 Å². The van der Waals surface area contributed by atoms with Crippen molar-refractivity contribution in [2.45, 2.75) is 46.6 Å². The van der Waals surface area contributed by atoms with Gasteiger partial charge in [-0.25, -0.2) is 4.79 Å². The van der Waals surface area contributed by atoms with Crippen LogP contribution in [0.5, 0.6) is 5.75 Å². The quantitative estimate of drug-likeness (QED) is 0.493. The molecule has 0 fully saturated rings. The lowest BCUT2D eigenvalue weighted by Crippen LogP contribution is -2.36. The van der Waals surface area contributed by atoms with Gasteiger partial charge in [0.15, 0.2) is 0 Å². The van der Waals surface area contributed by atoms with E-state index in [-0.39, 0.29) is 28.2 Å². The molecule has 1 aromatic rings. The van der Waals surface area contributed by atoms with Gasteiger partial charge in [0, 0.05) is 50.8 Å².